The van der Waals surface area contributed by atoms with Gasteiger partial charge >= 0.3 is 6.03 Å². The Morgan fingerprint density at radius 2 is 1.65 bits per heavy atom. The molecule has 1 aromatic rings. The van der Waals surface area contributed by atoms with Crippen molar-refractivity contribution >= 4 is 17.6 Å². The van der Waals surface area contributed by atoms with Crippen molar-refractivity contribution in [3.8, 4) is 0 Å². The lowest BCUT2D eigenvalue weighted by atomic mass is 10.2. The lowest BCUT2D eigenvalue weighted by Crippen LogP contribution is -2.34. The minimum absolute atomic E-state index is 0.101. The fraction of sp³-hybridized carbons (Fsp3) is 0.467. The Kier molecular flexibility index (Phi) is 6.03. The van der Waals surface area contributed by atoms with Crippen LogP contribution in [0.3, 0.4) is 0 Å². The highest BCUT2D eigenvalue weighted by molar-refractivity contribution is 5.95. The van der Waals surface area contributed by atoms with E-state index in [0.717, 1.165) is 0 Å². The summed E-state index contributed by atoms with van der Waals surface area (Å²) in [5.74, 6) is -0.110. The summed E-state index contributed by atoms with van der Waals surface area (Å²) < 4.78 is 0. The Balaban J connectivity index is 2.67. The first-order valence-electron chi connectivity index (χ1n) is 6.94. The van der Waals surface area contributed by atoms with Gasteiger partial charge in [0.25, 0.3) is 5.91 Å². The first-order chi connectivity index (χ1) is 9.47. The first-order valence-corrected chi connectivity index (χ1v) is 6.94. The molecule has 1 rings (SSSR count). The smallest absolute Gasteiger partial charge is 0.321 e. The number of carbonyl (C=O) groups excluding carboxylic acids is 2. The highest BCUT2D eigenvalue weighted by Gasteiger charge is 2.10. The molecular formula is C15H23N3O2. The van der Waals surface area contributed by atoms with Crippen LogP contribution in [-0.4, -0.2) is 36.0 Å². The summed E-state index contributed by atoms with van der Waals surface area (Å²) in [6.07, 6.45) is 0. The predicted molar refractivity (Wildman–Crippen MR) is 81.0 cm³/mol. The normalized spacial score (nSPS) is 10.2. The summed E-state index contributed by atoms with van der Waals surface area (Å²) in [5.41, 5.74) is 1.27. The maximum absolute atomic E-state index is 11.9. The third kappa shape index (κ3) is 4.57. The zero-order chi connectivity index (χ0) is 15.1. The molecular weight excluding hydrogens is 254 g/mol. The van der Waals surface area contributed by atoms with Gasteiger partial charge in [0.2, 0.25) is 0 Å². The number of carbonyl (C=O) groups is 2. The molecule has 110 valence electrons. The van der Waals surface area contributed by atoms with Crippen LogP contribution >= 0.6 is 0 Å². The van der Waals surface area contributed by atoms with Crippen LogP contribution in [0.25, 0.3) is 0 Å². The summed E-state index contributed by atoms with van der Waals surface area (Å²) in [7, 11) is 0. The molecule has 20 heavy (non-hydrogen) atoms. The Labute approximate surface area is 120 Å². The molecule has 0 fully saturated rings. The van der Waals surface area contributed by atoms with Gasteiger partial charge in [-0.15, -0.1) is 0 Å². The average molecular weight is 277 g/mol. The third-order valence-electron chi connectivity index (χ3n) is 2.87. The Morgan fingerprint density at radius 3 is 2.10 bits per heavy atom. The van der Waals surface area contributed by atoms with E-state index >= 15 is 0 Å². The molecule has 3 amide bonds. The molecule has 0 aliphatic heterocycles. The average Bonchev–Trinajstić information content (AvgIpc) is 2.40. The molecule has 5 heteroatoms. The molecule has 0 saturated heterocycles. The van der Waals surface area contributed by atoms with Crippen molar-refractivity contribution in [1.29, 1.82) is 0 Å². The molecule has 1 aromatic carbocycles. The van der Waals surface area contributed by atoms with Crippen LogP contribution < -0.4 is 10.6 Å². The molecule has 0 heterocycles. The second-order valence-electron chi connectivity index (χ2n) is 4.81. The van der Waals surface area contributed by atoms with Crippen molar-refractivity contribution < 1.29 is 9.59 Å². The van der Waals surface area contributed by atoms with E-state index in [-0.39, 0.29) is 18.0 Å². The highest BCUT2D eigenvalue weighted by Crippen LogP contribution is 2.10. The molecule has 0 radical (unpaired) electrons. The third-order valence-corrected chi connectivity index (χ3v) is 2.87. The quantitative estimate of drug-likeness (QED) is 0.869. The van der Waals surface area contributed by atoms with Gasteiger partial charge in [-0.2, -0.15) is 0 Å². The minimum atomic E-state index is -0.130. The Morgan fingerprint density at radius 1 is 1.10 bits per heavy atom. The molecule has 0 aliphatic carbocycles. The SMILES string of the molecule is CCN(CC)C(=O)Nc1ccc(C(=O)NC(C)C)cc1. The molecule has 0 aliphatic rings. The van der Waals surface area contributed by atoms with Crippen LogP contribution in [0.2, 0.25) is 0 Å². The molecule has 0 bridgehead atoms. The van der Waals surface area contributed by atoms with Crippen molar-refractivity contribution in [3.05, 3.63) is 29.8 Å². The summed E-state index contributed by atoms with van der Waals surface area (Å²) in [6, 6.07) is 6.84. The molecule has 0 aromatic heterocycles. The predicted octanol–water partition coefficient (Wildman–Crippen LogP) is 2.70. The summed E-state index contributed by atoms with van der Waals surface area (Å²) in [5, 5.41) is 5.63. The standard InChI is InChI=1S/C15H23N3O2/c1-5-18(6-2)15(20)17-13-9-7-12(8-10-13)14(19)16-11(3)4/h7-11H,5-6H2,1-4H3,(H,16,19)(H,17,20). The van der Waals surface area contributed by atoms with E-state index in [1.165, 1.54) is 0 Å². The Hall–Kier alpha value is -2.04. The van der Waals surface area contributed by atoms with Gasteiger partial charge in [0, 0.05) is 30.4 Å². The number of amides is 3. The number of urea groups is 1. The van der Waals surface area contributed by atoms with Gasteiger partial charge in [-0.25, -0.2) is 4.79 Å². The molecule has 0 saturated carbocycles. The number of anilines is 1. The number of nitrogens with one attached hydrogen (secondary N) is 2. The molecule has 2 N–H and O–H groups in total. The fourth-order valence-electron chi connectivity index (χ4n) is 1.76. The van der Waals surface area contributed by atoms with E-state index in [0.29, 0.717) is 24.3 Å². The van der Waals surface area contributed by atoms with Crippen molar-refractivity contribution in [2.75, 3.05) is 18.4 Å². The lowest BCUT2D eigenvalue weighted by Gasteiger charge is -2.19. The van der Waals surface area contributed by atoms with E-state index in [2.05, 4.69) is 10.6 Å². The van der Waals surface area contributed by atoms with Crippen molar-refractivity contribution in [2.45, 2.75) is 33.7 Å². The van der Waals surface area contributed by atoms with Crippen molar-refractivity contribution in [2.24, 2.45) is 0 Å². The molecule has 0 atom stereocenters. The number of rotatable bonds is 5. The largest absolute Gasteiger partial charge is 0.350 e. The van der Waals surface area contributed by atoms with Gasteiger partial charge in [-0.1, -0.05) is 0 Å². The second-order valence-corrected chi connectivity index (χ2v) is 4.81. The Bertz CT molecular complexity index is 451. The van der Waals surface area contributed by atoms with Crippen LogP contribution in [0.4, 0.5) is 10.5 Å². The van der Waals surface area contributed by atoms with E-state index in [4.69, 9.17) is 0 Å². The maximum Gasteiger partial charge on any atom is 0.321 e. The van der Waals surface area contributed by atoms with Crippen LogP contribution in [-0.2, 0) is 0 Å². The maximum atomic E-state index is 11.9. The van der Waals surface area contributed by atoms with Crippen molar-refractivity contribution in [1.82, 2.24) is 10.2 Å². The van der Waals surface area contributed by atoms with Gasteiger partial charge in [0.15, 0.2) is 0 Å². The molecule has 5 nitrogen and oxygen atoms in total. The number of hydrogen-bond donors (Lipinski definition) is 2. The first kappa shape index (κ1) is 16.0. The topological polar surface area (TPSA) is 61.4 Å². The van der Waals surface area contributed by atoms with Crippen LogP contribution in [0, 0.1) is 0 Å². The summed E-state index contributed by atoms with van der Waals surface area (Å²) >= 11 is 0. The van der Waals surface area contributed by atoms with E-state index in [9.17, 15) is 9.59 Å². The van der Waals surface area contributed by atoms with Gasteiger partial charge in [0.05, 0.1) is 0 Å². The second kappa shape index (κ2) is 7.53. The highest BCUT2D eigenvalue weighted by atomic mass is 16.2. The number of benzene rings is 1. The number of nitrogens with zero attached hydrogens (tertiary/aromatic N) is 1. The zero-order valence-electron chi connectivity index (χ0n) is 12.6. The van der Waals surface area contributed by atoms with Crippen LogP contribution in [0.5, 0.6) is 0 Å². The van der Waals surface area contributed by atoms with E-state index < -0.39 is 0 Å². The van der Waals surface area contributed by atoms with Crippen LogP contribution in [0.15, 0.2) is 24.3 Å². The van der Waals surface area contributed by atoms with Gasteiger partial charge in [-0.05, 0) is 52.0 Å². The summed E-state index contributed by atoms with van der Waals surface area (Å²) in [4.78, 5) is 25.4. The zero-order valence-corrected chi connectivity index (χ0v) is 12.6. The van der Waals surface area contributed by atoms with Gasteiger partial charge in [-0.3, -0.25) is 4.79 Å². The van der Waals surface area contributed by atoms with Gasteiger partial charge in [0.1, 0.15) is 0 Å². The molecule has 0 spiro atoms. The minimum Gasteiger partial charge on any atom is -0.350 e. The fourth-order valence-corrected chi connectivity index (χ4v) is 1.76. The van der Waals surface area contributed by atoms with E-state index in [1.807, 2.05) is 27.7 Å². The van der Waals surface area contributed by atoms with E-state index in [1.54, 1.807) is 29.2 Å². The number of hydrogen-bond acceptors (Lipinski definition) is 2. The van der Waals surface area contributed by atoms with Crippen molar-refractivity contribution in [3.63, 3.8) is 0 Å². The molecule has 0 unspecified atom stereocenters. The monoisotopic (exact) mass is 277 g/mol. The van der Waals surface area contributed by atoms with Crippen LogP contribution in [0.1, 0.15) is 38.1 Å². The van der Waals surface area contributed by atoms with Gasteiger partial charge < -0.3 is 15.5 Å². The lowest BCUT2D eigenvalue weighted by molar-refractivity contribution is 0.0943. The summed E-state index contributed by atoms with van der Waals surface area (Å²) in [6.45, 7) is 9.02.